The second-order valence-electron chi connectivity index (χ2n) is 7.00. The number of hydrogen-bond acceptors (Lipinski definition) is 6. The van der Waals surface area contributed by atoms with Gasteiger partial charge in [0.2, 0.25) is 0 Å². The monoisotopic (exact) mass is 392 g/mol. The summed E-state index contributed by atoms with van der Waals surface area (Å²) in [7, 11) is 3.29. The minimum absolute atomic E-state index is 0.717. The number of benzene rings is 2. The van der Waals surface area contributed by atoms with Crippen molar-refractivity contribution in [1.29, 1.82) is 0 Å². The predicted octanol–water partition coefficient (Wildman–Crippen LogP) is 4.82. The van der Waals surface area contributed by atoms with Gasteiger partial charge in [-0.05, 0) is 62.1 Å². The highest BCUT2D eigenvalue weighted by Crippen LogP contribution is 2.28. The van der Waals surface area contributed by atoms with Gasteiger partial charge in [-0.2, -0.15) is 0 Å². The van der Waals surface area contributed by atoms with E-state index in [0.717, 1.165) is 47.4 Å². The predicted molar refractivity (Wildman–Crippen MR) is 118 cm³/mol. The topological polar surface area (TPSA) is 68.3 Å². The van der Waals surface area contributed by atoms with E-state index in [2.05, 4.69) is 52.6 Å². The van der Waals surface area contributed by atoms with Crippen LogP contribution in [0.1, 0.15) is 22.5 Å². The van der Waals surface area contributed by atoms with Crippen LogP contribution in [-0.4, -0.2) is 30.7 Å². The molecular formula is C23H28N4O2. The van der Waals surface area contributed by atoms with Crippen LogP contribution in [0, 0.1) is 20.8 Å². The van der Waals surface area contributed by atoms with Crippen LogP contribution in [0.4, 0.5) is 17.3 Å². The quantitative estimate of drug-likeness (QED) is 0.573. The number of hydrogen-bond donors (Lipinski definition) is 2. The second-order valence-corrected chi connectivity index (χ2v) is 7.00. The fourth-order valence-electron chi connectivity index (χ4n) is 3.10. The standard InChI is InChI=1S/C23H28N4O2/c1-15-6-7-16(2)19(12-15)27-23-14-22(25-17(3)26-23)24-11-10-18-8-9-20(28-4)21(13-18)29-5/h6-9,12-14H,10-11H2,1-5H3,(H2,24,25,26,27). The molecular weight excluding hydrogens is 364 g/mol. The molecule has 0 spiro atoms. The molecule has 0 atom stereocenters. The van der Waals surface area contributed by atoms with Crippen LogP contribution in [0.2, 0.25) is 0 Å². The van der Waals surface area contributed by atoms with Crippen molar-refractivity contribution < 1.29 is 9.47 Å². The Balaban J connectivity index is 1.66. The molecule has 6 heteroatoms. The summed E-state index contributed by atoms with van der Waals surface area (Å²) >= 11 is 0. The molecule has 0 amide bonds. The maximum atomic E-state index is 5.37. The number of rotatable bonds is 8. The summed E-state index contributed by atoms with van der Waals surface area (Å²) in [5, 5.41) is 6.80. The molecule has 0 bridgehead atoms. The molecule has 1 aromatic heterocycles. The zero-order valence-electron chi connectivity index (χ0n) is 17.7. The van der Waals surface area contributed by atoms with Gasteiger partial charge in [0.05, 0.1) is 14.2 Å². The Bertz CT molecular complexity index is 989. The lowest BCUT2D eigenvalue weighted by Gasteiger charge is -2.13. The number of aromatic nitrogens is 2. The highest BCUT2D eigenvalue weighted by atomic mass is 16.5. The average Bonchev–Trinajstić information content (AvgIpc) is 2.70. The Kier molecular flexibility index (Phi) is 6.54. The third kappa shape index (κ3) is 5.38. The van der Waals surface area contributed by atoms with E-state index < -0.39 is 0 Å². The summed E-state index contributed by atoms with van der Waals surface area (Å²) in [6.45, 7) is 6.80. The zero-order valence-corrected chi connectivity index (χ0v) is 17.7. The molecule has 3 aromatic rings. The first-order valence-corrected chi connectivity index (χ1v) is 9.63. The van der Waals surface area contributed by atoms with Crippen molar-refractivity contribution in [2.45, 2.75) is 27.2 Å². The molecule has 29 heavy (non-hydrogen) atoms. The summed E-state index contributed by atoms with van der Waals surface area (Å²) in [5.41, 5.74) is 4.60. The molecule has 2 aromatic carbocycles. The third-order valence-electron chi connectivity index (χ3n) is 4.66. The van der Waals surface area contributed by atoms with Gasteiger partial charge >= 0.3 is 0 Å². The molecule has 0 saturated heterocycles. The lowest BCUT2D eigenvalue weighted by molar-refractivity contribution is 0.354. The molecule has 0 aliphatic rings. The van der Waals surface area contributed by atoms with E-state index in [0.29, 0.717) is 5.82 Å². The molecule has 0 saturated carbocycles. The van der Waals surface area contributed by atoms with E-state index in [4.69, 9.17) is 9.47 Å². The summed E-state index contributed by atoms with van der Waals surface area (Å²) in [5.74, 6) is 3.76. The van der Waals surface area contributed by atoms with Crippen molar-refractivity contribution in [3.63, 3.8) is 0 Å². The summed E-state index contributed by atoms with van der Waals surface area (Å²) in [6.07, 6.45) is 0.836. The van der Waals surface area contributed by atoms with Crippen LogP contribution < -0.4 is 20.1 Å². The van der Waals surface area contributed by atoms with Crippen LogP contribution in [0.3, 0.4) is 0 Å². The van der Waals surface area contributed by atoms with Gasteiger partial charge in [0.15, 0.2) is 11.5 Å². The van der Waals surface area contributed by atoms with E-state index >= 15 is 0 Å². The van der Waals surface area contributed by atoms with Crippen LogP contribution >= 0.6 is 0 Å². The average molecular weight is 393 g/mol. The van der Waals surface area contributed by atoms with Gasteiger partial charge in [0.1, 0.15) is 17.5 Å². The van der Waals surface area contributed by atoms with E-state index in [-0.39, 0.29) is 0 Å². The molecule has 0 fully saturated rings. The SMILES string of the molecule is COc1ccc(CCNc2cc(Nc3cc(C)ccc3C)nc(C)n2)cc1OC. The van der Waals surface area contributed by atoms with Gasteiger partial charge in [-0.1, -0.05) is 18.2 Å². The van der Waals surface area contributed by atoms with E-state index in [1.165, 1.54) is 11.1 Å². The Hall–Kier alpha value is -3.28. The number of aryl methyl sites for hydroxylation is 3. The summed E-state index contributed by atoms with van der Waals surface area (Å²) in [4.78, 5) is 9.02. The maximum absolute atomic E-state index is 5.37. The molecule has 0 unspecified atom stereocenters. The van der Waals surface area contributed by atoms with Gasteiger partial charge in [-0.25, -0.2) is 9.97 Å². The van der Waals surface area contributed by atoms with E-state index in [1.807, 2.05) is 31.2 Å². The van der Waals surface area contributed by atoms with Crippen LogP contribution in [0.15, 0.2) is 42.5 Å². The molecule has 3 rings (SSSR count). The third-order valence-corrected chi connectivity index (χ3v) is 4.66. The van der Waals surface area contributed by atoms with Crippen molar-refractivity contribution in [3.05, 3.63) is 65.0 Å². The molecule has 152 valence electrons. The Morgan fingerprint density at radius 2 is 1.59 bits per heavy atom. The van der Waals surface area contributed by atoms with Crippen molar-refractivity contribution in [2.24, 2.45) is 0 Å². The summed E-state index contributed by atoms with van der Waals surface area (Å²) < 4.78 is 10.7. The molecule has 0 radical (unpaired) electrons. The fraction of sp³-hybridized carbons (Fsp3) is 0.304. The Morgan fingerprint density at radius 1 is 0.828 bits per heavy atom. The normalized spacial score (nSPS) is 10.5. The Labute approximate surface area is 172 Å². The number of ether oxygens (including phenoxy) is 2. The number of methoxy groups -OCH3 is 2. The van der Waals surface area contributed by atoms with Gasteiger partial charge in [0, 0.05) is 18.3 Å². The number of anilines is 3. The first-order valence-electron chi connectivity index (χ1n) is 9.63. The molecule has 2 N–H and O–H groups in total. The first kappa shape index (κ1) is 20.5. The highest BCUT2D eigenvalue weighted by Gasteiger charge is 2.07. The van der Waals surface area contributed by atoms with E-state index in [9.17, 15) is 0 Å². The molecule has 0 aliphatic heterocycles. The minimum Gasteiger partial charge on any atom is -0.493 e. The molecule has 1 heterocycles. The zero-order chi connectivity index (χ0) is 20.8. The lowest BCUT2D eigenvalue weighted by atomic mass is 10.1. The van der Waals surface area contributed by atoms with Crippen molar-refractivity contribution in [2.75, 3.05) is 31.4 Å². The number of nitrogens with zero attached hydrogens (tertiary/aromatic N) is 2. The largest absolute Gasteiger partial charge is 0.493 e. The van der Waals surface area contributed by atoms with Crippen molar-refractivity contribution in [3.8, 4) is 11.5 Å². The van der Waals surface area contributed by atoms with Crippen LogP contribution in [0.5, 0.6) is 11.5 Å². The van der Waals surface area contributed by atoms with Gasteiger partial charge in [0.25, 0.3) is 0 Å². The first-order chi connectivity index (χ1) is 14.0. The fourth-order valence-corrected chi connectivity index (χ4v) is 3.10. The van der Waals surface area contributed by atoms with Crippen LogP contribution in [0.25, 0.3) is 0 Å². The second kappa shape index (κ2) is 9.28. The van der Waals surface area contributed by atoms with Crippen molar-refractivity contribution >= 4 is 17.3 Å². The maximum Gasteiger partial charge on any atom is 0.160 e. The van der Waals surface area contributed by atoms with Gasteiger partial charge in [-0.3, -0.25) is 0 Å². The van der Waals surface area contributed by atoms with Crippen LogP contribution in [-0.2, 0) is 6.42 Å². The van der Waals surface area contributed by atoms with Gasteiger partial charge < -0.3 is 20.1 Å². The molecule has 0 aliphatic carbocycles. The molecule has 6 nitrogen and oxygen atoms in total. The van der Waals surface area contributed by atoms with Gasteiger partial charge in [-0.15, -0.1) is 0 Å². The summed E-state index contributed by atoms with van der Waals surface area (Å²) in [6, 6.07) is 14.2. The van der Waals surface area contributed by atoms with Crippen molar-refractivity contribution in [1.82, 2.24) is 9.97 Å². The smallest absolute Gasteiger partial charge is 0.160 e. The minimum atomic E-state index is 0.717. The Morgan fingerprint density at radius 3 is 2.34 bits per heavy atom. The van der Waals surface area contributed by atoms with E-state index in [1.54, 1.807) is 14.2 Å². The lowest BCUT2D eigenvalue weighted by Crippen LogP contribution is -2.09. The number of nitrogens with one attached hydrogen (secondary N) is 2. The highest BCUT2D eigenvalue weighted by molar-refractivity contribution is 5.63.